The normalized spacial score (nSPS) is 10.7. The molecule has 0 radical (unpaired) electrons. The smallest absolute Gasteiger partial charge is 0.260 e. The van der Waals surface area contributed by atoms with Crippen LogP contribution in [0.2, 0.25) is 0 Å². The molecule has 1 aromatic heterocycles. The van der Waals surface area contributed by atoms with Gasteiger partial charge in [0.25, 0.3) is 5.91 Å². The summed E-state index contributed by atoms with van der Waals surface area (Å²) >= 11 is 0. The van der Waals surface area contributed by atoms with E-state index in [-0.39, 0.29) is 12.5 Å². The third-order valence-corrected chi connectivity index (χ3v) is 4.09. The Hall–Kier alpha value is -2.95. The number of likely N-dealkylation sites (N-methyl/N-ethyl adjacent to an activating group) is 1. The first kappa shape index (κ1) is 16.9. The maximum atomic E-state index is 12.3. The lowest BCUT2D eigenvalue weighted by Gasteiger charge is -2.17. The number of nitrogens with zero attached hydrogens (tertiary/aromatic N) is 3. The summed E-state index contributed by atoms with van der Waals surface area (Å²) in [5, 5.41) is 1.03. The lowest BCUT2D eigenvalue weighted by Crippen LogP contribution is -2.31. The highest BCUT2D eigenvalue weighted by molar-refractivity contribution is 5.80. The van der Waals surface area contributed by atoms with Crippen LogP contribution >= 0.6 is 0 Å². The molecule has 5 nitrogen and oxygen atoms in total. The first-order chi connectivity index (χ1) is 12.0. The predicted octanol–water partition coefficient (Wildman–Crippen LogP) is 3.28. The van der Waals surface area contributed by atoms with Crippen molar-refractivity contribution in [3.8, 4) is 5.75 Å². The van der Waals surface area contributed by atoms with Gasteiger partial charge in [-0.25, -0.2) is 9.97 Å². The summed E-state index contributed by atoms with van der Waals surface area (Å²) < 4.78 is 5.62. The Kier molecular flexibility index (Phi) is 4.93. The monoisotopic (exact) mass is 335 g/mol. The minimum absolute atomic E-state index is 0.00603. The molecule has 0 saturated heterocycles. The average Bonchev–Trinajstić information content (AvgIpc) is 2.61. The zero-order chi connectivity index (χ0) is 17.8. The minimum Gasteiger partial charge on any atom is -0.484 e. The zero-order valence-electron chi connectivity index (χ0n) is 14.7. The van der Waals surface area contributed by atoms with Gasteiger partial charge in [-0.15, -0.1) is 0 Å². The fourth-order valence-corrected chi connectivity index (χ4v) is 2.63. The molecule has 0 aliphatic heterocycles. The second-order valence-corrected chi connectivity index (χ2v) is 6.05. The van der Waals surface area contributed by atoms with Crippen molar-refractivity contribution >= 4 is 16.8 Å². The Labute approximate surface area is 147 Å². The van der Waals surface area contributed by atoms with E-state index in [4.69, 9.17) is 4.74 Å². The summed E-state index contributed by atoms with van der Waals surface area (Å²) in [6.07, 6.45) is 0. The number of aromatic nitrogens is 2. The molecular formula is C20H21N3O2. The van der Waals surface area contributed by atoms with E-state index >= 15 is 0 Å². The molecule has 0 spiro atoms. The molecule has 3 rings (SSSR count). The lowest BCUT2D eigenvalue weighted by molar-refractivity contribution is -0.132. The van der Waals surface area contributed by atoms with E-state index in [1.54, 1.807) is 11.9 Å². The molecule has 0 atom stereocenters. The molecule has 3 aromatic rings. The van der Waals surface area contributed by atoms with Gasteiger partial charge in [0.1, 0.15) is 11.6 Å². The van der Waals surface area contributed by atoms with Crippen molar-refractivity contribution in [2.24, 2.45) is 0 Å². The van der Waals surface area contributed by atoms with Gasteiger partial charge in [-0.2, -0.15) is 0 Å². The van der Waals surface area contributed by atoms with Gasteiger partial charge >= 0.3 is 0 Å². The zero-order valence-corrected chi connectivity index (χ0v) is 14.7. The SMILES string of the molecule is Cc1ccccc1OCC(=O)N(C)Cc1nc(C)c2ccccc2n1. The Morgan fingerprint density at radius 1 is 1.04 bits per heavy atom. The summed E-state index contributed by atoms with van der Waals surface area (Å²) in [6.45, 7) is 4.25. The number of ether oxygens (including phenoxy) is 1. The number of carbonyl (C=O) groups excluding carboxylic acids is 1. The quantitative estimate of drug-likeness (QED) is 0.718. The third-order valence-electron chi connectivity index (χ3n) is 4.09. The van der Waals surface area contributed by atoms with E-state index < -0.39 is 0 Å². The molecule has 128 valence electrons. The number of hydrogen-bond donors (Lipinski definition) is 0. The molecule has 0 fully saturated rings. The van der Waals surface area contributed by atoms with Crippen LogP contribution in [-0.4, -0.2) is 34.4 Å². The maximum absolute atomic E-state index is 12.3. The van der Waals surface area contributed by atoms with Crippen LogP contribution in [0.15, 0.2) is 48.5 Å². The van der Waals surface area contributed by atoms with E-state index in [0.29, 0.717) is 12.4 Å². The number of benzene rings is 2. The van der Waals surface area contributed by atoms with Crippen LogP contribution < -0.4 is 4.74 Å². The topological polar surface area (TPSA) is 55.3 Å². The third kappa shape index (κ3) is 3.94. The lowest BCUT2D eigenvalue weighted by atomic mass is 10.2. The van der Waals surface area contributed by atoms with Gasteiger partial charge in [0.05, 0.1) is 12.1 Å². The molecular weight excluding hydrogens is 314 g/mol. The van der Waals surface area contributed by atoms with E-state index in [1.165, 1.54) is 0 Å². The number of carbonyl (C=O) groups is 1. The van der Waals surface area contributed by atoms with E-state index in [1.807, 2.05) is 62.4 Å². The van der Waals surface area contributed by atoms with Crippen molar-refractivity contribution < 1.29 is 9.53 Å². The van der Waals surface area contributed by atoms with Crippen LogP contribution in [0, 0.1) is 13.8 Å². The molecule has 1 amide bonds. The Morgan fingerprint density at radius 2 is 1.76 bits per heavy atom. The highest BCUT2D eigenvalue weighted by Crippen LogP contribution is 2.17. The van der Waals surface area contributed by atoms with Crippen LogP contribution in [0.25, 0.3) is 10.9 Å². The standard InChI is InChI=1S/C20H21N3O2/c1-14-8-4-7-11-18(14)25-13-20(24)23(3)12-19-21-15(2)16-9-5-6-10-17(16)22-19/h4-11H,12-13H2,1-3H3. The number of aryl methyl sites for hydroxylation is 2. The second-order valence-electron chi connectivity index (χ2n) is 6.05. The summed E-state index contributed by atoms with van der Waals surface area (Å²) in [5.41, 5.74) is 2.81. The molecule has 25 heavy (non-hydrogen) atoms. The summed E-state index contributed by atoms with van der Waals surface area (Å²) in [6, 6.07) is 15.5. The van der Waals surface area contributed by atoms with Crippen molar-refractivity contribution in [3.63, 3.8) is 0 Å². The van der Waals surface area contributed by atoms with Crippen molar-refractivity contribution in [2.45, 2.75) is 20.4 Å². The molecule has 0 unspecified atom stereocenters. The largest absolute Gasteiger partial charge is 0.484 e. The first-order valence-corrected chi connectivity index (χ1v) is 8.19. The number of para-hydroxylation sites is 2. The fourth-order valence-electron chi connectivity index (χ4n) is 2.63. The molecule has 2 aromatic carbocycles. The summed E-state index contributed by atoms with van der Waals surface area (Å²) in [4.78, 5) is 23.0. The van der Waals surface area contributed by atoms with Gasteiger partial charge in [-0.3, -0.25) is 4.79 Å². The molecule has 0 bridgehead atoms. The van der Waals surface area contributed by atoms with Crippen molar-refractivity contribution in [2.75, 3.05) is 13.7 Å². The van der Waals surface area contributed by atoms with Crippen LogP contribution in [0.4, 0.5) is 0 Å². The fraction of sp³-hybridized carbons (Fsp3) is 0.250. The number of hydrogen-bond acceptors (Lipinski definition) is 4. The first-order valence-electron chi connectivity index (χ1n) is 8.19. The van der Waals surface area contributed by atoms with Gasteiger partial charge in [-0.05, 0) is 31.5 Å². The Morgan fingerprint density at radius 3 is 2.56 bits per heavy atom. The van der Waals surface area contributed by atoms with E-state index in [0.717, 1.165) is 27.9 Å². The molecule has 5 heteroatoms. The van der Waals surface area contributed by atoms with Gasteiger partial charge in [0.2, 0.25) is 0 Å². The Balaban J connectivity index is 1.66. The van der Waals surface area contributed by atoms with Gasteiger partial charge in [0, 0.05) is 18.1 Å². The number of fused-ring (bicyclic) bond motifs is 1. The van der Waals surface area contributed by atoms with Crippen LogP contribution in [0.1, 0.15) is 17.1 Å². The van der Waals surface area contributed by atoms with Crippen LogP contribution in [0.3, 0.4) is 0 Å². The summed E-state index contributed by atoms with van der Waals surface area (Å²) in [5.74, 6) is 1.24. The average molecular weight is 335 g/mol. The predicted molar refractivity (Wildman–Crippen MR) is 97.4 cm³/mol. The highest BCUT2D eigenvalue weighted by Gasteiger charge is 2.13. The van der Waals surface area contributed by atoms with Crippen molar-refractivity contribution in [3.05, 3.63) is 65.6 Å². The molecule has 0 aliphatic carbocycles. The molecule has 0 N–H and O–H groups in total. The number of rotatable bonds is 5. The maximum Gasteiger partial charge on any atom is 0.260 e. The number of amides is 1. The minimum atomic E-state index is -0.113. The van der Waals surface area contributed by atoms with Crippen LogP contribution in [-0.2, 0) is 11.3 Å². The van der Waals surface area contributed by atoms with E-state index in [9.17, 15) is 4.79 Å². The van der Waals surface area contributed by atoms with Gasteiger partial charge in [0.15, 0.2) is 6.61 Å². The van der Waals surface area contributed by atoms with Crippen molar-refractivity contribution in [1.29, 1.82) is 0 Å². The van der Waals surface area contributed by atoms with Crippen LogP contribution in [0.5, 0.6) is 5.75 Å². The van der Waals surface area contributed by atoms with Gasteiger partial charge < -0.3 is 9.64 Å². The molecule has 0 aliphatic rings. The summed E-state index contributed by atoms with van der Waals surface area (Å²) in [7, 11) is 1.73. The molecule has 0 saturated carbocycles. The van der Waals surface area contributed by atoms with Crippen molar-refractivity contribution in [1.82, 2.24) is 14.9 Å². The molecule has 1 heterocycles. The van der Waals surface area contributed by atoms with E-state index in [2.05, 4.69) is 9.97 Å². The highest BCUT2D eigenvalue weighted by atomic mass is 16.5. The van der Waals surface area contributed by atoms with Gasteiger partial charge in [-0.1, -0.05) is 36.4 Å². The Bertz CT molecular complexity index is 908. The second kappa shape index (κ2) is 7.30.